The number of hydrogen-bond donors (Lipinski definition) is 0. The molecule has 0 atom stereocenters. The van der Waals surface area contributed by atoms with Crippen LogP contribution in [0.3, 0.4) is 0 Å². The molecule has 12 aromatic rings. The average molecular weight is 871 g/mol. The van der Waals surface area contributed by atoms with Crippen LogP contribution in [0.25, 0.3) is 120 Å². The smallest absolute Gasteiger partial charge is 0.00921 e. The molecule has 0 saturated heterocycles. The standard InChI is InChI=1S/C68H54/c1-5-43-17-25-47(26-18-43)59-39-67-58-36-34-51(37-63(58)62(50-31-23-46(8-4)24-32-50)42-65(67)55-15-11-9-13-53(55)59)52-33-35-57-61(49-29-21-45(7-3)22-30-49)40-66-56-16-12-10-14-54(56)60(41-68(66)64(57)38-52)48-27-19-44(6-2)20-28-48/h9-42H,5-8H2,1-4H3. The summed E-state index contributed by atoms with van der Waals surface area (Å²) < 4.78 is 0. The van der Waals surface area contributed by atoms with E-state index in [1.54, 1.807) is 0 Å². The number of rotatable bonds is 9. The maximum atomic E-state index is 2.48. The summed E-state index contributed by atoms with van der Waals surface area (Å²) in [7, 11) is 0. The van der Waals surface area contributed by atoms with Crippen LogP contribution in [0.5, 0.6) is 0 Å². The summed E-state index contributed by atoms with van der Waals surface area (Å²) in [5.41, 5.74) is 17.9. The summed E-state index contributed by atoms with van der Waals surface area (Å²) in [6.45, 7) is 8.91. The first-order valence-electron chi connectivity index (χ1n) is 24.7. The van der Waals surface area contributed by atoms with Gasteiger partial charge < -0.3 is 0 Å². The van der Waals surface area contributed by atoms with Crippen molar-refractivity contribution in [1.29, 1.82) is 0 Å². The fraction of sp³-hybridized carbons (Fsp3) is 0.118. The van der Waals surface area contributed by atoms with E-state index >= 15 is 0 Å². The van der Waals surface area contributed by atoms with E-state index in [2.05, 4.69) is 234 Å². The monoisotopic (exact) mass is 870 g/mol. The van der Waals surface area contributed by atoms with Gasteiger partial charge >= 0.3 is 0 Å². The molecular formula is C68H54. The summed E-state index contributed by atoms with van der Waals surface area (Å²) >= 11 is 0. The van der Waals surface area contributed by atoms with Gasteiger partial charge in [-0.15, -0.1) is 0 Å². The van der Waals surface area contributed by atoms with Crippen molar-refractivity contribution in [3.8, 4) is 55.6 Å². The molecule has 0 heteroatoms. The van der Waals surface area contributed by atoms with Gasteiger partial charge in [0.15, 0.2) is 0 Å². The first-order chi connectivity index (χ1) is 33.5. The Bertz CT molecular complexity index is 3890. The topological polar surface area (TPSA) is 0 Å². The Morgan fingerprint density at radius 2 is 0.426 bits per heavy atom. The molecule has 0 fully saturated rings. The summed E-state index contributed by atoms with van der Waals surface area (Å²) in [6.07, 6.45) is 4.09. The van der Waals surface area contributed by atoms with E-state index in [1.807, 2.05) is 0 Å². The van der Waals surface area contributed by atoms with Crippen molar-refractivity contribution >= 4 is 64.6 Å². The molecule has 0 nitrogen and oxygen atoms in total. The van der Waals surface area contributed by atoms with Crippen LogP contribution >= 0.6 is 0 Å². The zero-order valence-corrected chi connectivity index (χ0v) is 39.5. The second-order valence-corrected chi connectivity index (χ2v) is 18.7. The first kappa shape index (κ1) is 41.6. The maximum absolute atomic E-state index is 2.48. The van der Waals surface area contributed by atoms with Crippen molar-refractivity contribution in [3.63, 3.8) is 0 Å². The van der Waals surface area contributed by atoms with Crippen LogP contribution in [0.4, 0.5) is 0 Å². The Morgan fingerprint density at radius 1 is 0.191 bits per heavy atom. The largest absolute Gasteiger partial charge is 0.0616 e. The third-order valence-electron chi connectivity index (χ3n) is 15.0. The summed E-state index contributed by atoms with van der Waals surface area (Å²) in [5.74, 6) is 0. The van der Waals surface area contributed by atoms with E-state index < -0.39 is 0 Å². The molecule has 0 aromatic heterocycles. The van der Waals surface area contributed by atoms with Crippen LogP contribution < -0.4 is 0 Å². The van der Waals surface area contributed by atoms with E-state index in [0.29, 0.717) is 0 Å². The van der Waals surface area contributed by atoms with Gasteiger partial charge in [0, 0.05) is 0 Å². The summed E-state index contributed by atoms with van der Waals surface area (Å²) in [5, 5.41) is 15.3. The second kappa shape index (κ2) is 17.1. The van der Waals surface area contributed by atoms with E-state index in [-0.39, 0.29) is 0 Å². The fourth-order valence-electron chi connectivity index (χ4n) is 11.0. The van der Waals surface area contributed by atoms with E-state index in [4.69, 9.17) is 0 Å². The molecule has 68 heavy (non-hydrogen) atoms. The highest BCUT2D eigenvalue weighted by molar-refractivity contribution is 6.26. The normalized spacial score (nSPS) is 11.8. The Kier molecular flexibility index (Phi) is 10.5. The van der Waals surface area contributed by atoms with Gasteiger partial charge in [0.05, 0.1) is 0 Å². The van der Waals surface area contributed by atoms with Gasteiger partial charge in [0.2, 0.25) is 0 Å². The fourth-order valence-corrected chi connectivity index (χ4v) is 11.0. The number of benzene rings is 12. The Labute approximate surface area is 400 Å². The van der Waals surface area contributed by atoms with Gasteiger partial charge in [-0.05, 0) is 205 Å². The minimum atomic E-state index is 1.01. The highest BCUT2D eigenvalue weighted by Gasteiger charge is 2.19. The van der Waals surface area contributed by atoms with E-state index in [9.17, 15) is 0 Å². The zero-order valence-electron chi connectivity index (χ0n) is 39.5. The Balaban J connectivity index is 1.13. The van der Waals surface area contributed by atoms with E-state index in [1.165, 1.54) is 143 Å². The second-order valence-electron chi connectivity index (χ2n) is 18.7. The van der Waals surface area contributed by atoms with Crippen molar-refractivity contribution in [3.05, 3.63) is 229 Å². The van der Waals surface area contributed by atoms with E-state index in [0.717, 1.165) is 25.7 Å². The van der Waals surface area contributed by atoms with Crippen LogP contribution in [0.15, 0.2) is 206 Å². The highest BCUT2D eigenvalue weighted by Crippen LogP contribution is 2.46. The molecule has 0 aliphatic carbocycles. The average Bonchev–Trinajstić information content (AvgIpc) is 3.42. The number of hydrogen-bond acceptors (Lipinski definition) is 0. The molecule has 0 aliphatic heterocycles. The lowest BCUT2D eigenvalue weighted by Crippen LogP contribution is -1.92. The lowest BCUT2D eigenvalue weighted by atomic mass is 9.85. The maximum Gasteiger partial charge on any atom is -0.00921 e. The Hall–Kier alpha value is -7.80. The van der Waals surface area contributed by atoms with Crippen molar-refractivity contribution in [2.75, 3.05) is 0 Å². The van der Waals surface area contributed by atoms with Crippen LogP contribution in [0.2, 0.25) is 0 Å². The van der Waals surface area contributed by atoms with Crippen LogP contribution in [0.1, 0.15) is 49.9 Å². The molecule has 12 aromatic carbocycles. The predicted octanol–water partition coefficient (Wildman–Crippen LogP) is 19.2. The summed E-state index contributed by atoms with van der Waals surface area (Å²) in [4.78, 5) is 0. The summed E-state index contributed by atoms with van der Waals surface area (Å²) in [6, 6.07) is 79.1. The molecule has 12 rings (SSSR count). The number of aryl methyl sites for hydroxylation is 4. The molecular weight excluding hydrogens is 817 g/mol. The molecule has 0 heterocycles. The molecule has 0 spiro atoms. The highest BCUT2D eigenvalue weighted by atomic mass is 14.2. The third-order valence-corrected chi connectivity index (χ3v) is 15.0. The minimum absolute atomic E-state index is 1.01. The molecule has 0 saturated carbocycles. The lowest BCUT2D eigenvalue weighted by molar-refractivity contribution is 1.14. The Morgan fingerprint density at radius 3 is 0.779 bits per heavy atom. The molecule has 0 N–H and O–H groups in total. The van der Waals surface area contributed by atoms with Gasteiger partial charge in [0.1, 0.15) is 0 Å². The quantitative estimate of drug-likeness (QED) is 0.127. The molecule has 0 amide bonds. The van der Waals surface area contributed by atoms with Crippen molar-refractivity contribution < 1.29 is 0 Å². The van der Waals surface area contributed by atoms with Gasteiger partial charge in [0.25, 0.3) is 0 Å². The van der Waals surface area contributed by atoms with Crippen molar-refractivity contribution in [2.24, 2.45) is 0 Å². The molecule has 0 radical (unpaired) electrons. The van der Waals surface area contributed by atoms with Gasteiger partial charge in [-0.3, -0.25) is 0 Å². The van der Waals surface area contributed by atoms with Gasteiger partial charge in [-0.25, -0.2) is 0 Å². The SMILES string of the molecule is CCc1ccc(-c2cc3c4ccc(-c5ccc6c(-c7ccc(CC)cc7)cc7c8ccccc8c(-c8ccc(CC)cc8)cc7c6c5)cc4c(-c4ccc(CC)cc4)cc3c3ccccc23)cc1. The van der Waals surface area contributed by atoms with Crippen LogP contribution in [-0.4, -0.2) is 0 Å². The predicted molar refractivity (Wildman–Crippen MR) is 296 cm³/mol. The number of fused-ring (bicyclic) bond motifs is 10. The van der Waals surface area contributed by atoms with Crippen LogP contribution in [-0.2, 0) is 25.7 Å². The first-order valence-corrected chi connectivity index (χ1v) is 24.7. The molecule has 0 unspecified atom stereocenters. The van der Waals surface area contributed by atoms with Crippen molar-refractivity contribution in [2.45, 2.75) is 53.4 Å². The van der Waals surface area contributed by atoms with Crippen molar-refractivity contribution in [1.82, 2.24) is 0 Å². The zero-order chi connectivity index (χ0) is 45.9. The van der Waals surface area contributed by atoms with Gasteiger partial charge in [-0.1, -0.05) is 198 Å². The third kappa shape index (κ3) is 7.06. The minimum Gasteiger partial charge on any atom is -0.0616 e. The van der Waals surface area contributed by atoms with Crippen LogP contribution in [0, 0.1) is 0 Å². The lowest BCUT2D eigenvalue weighted by Gasteiger charge is -2.18. The molecule has 326 valence electrons. The molecule has 0 aliphatic rings. The van der Waals surface area contributed by atoms with Gasteiger partial charge in [-0.2, -0.15) is 0 Å². The molecule has 0 bridgehead atoms.